The summed E-state index contributed by atoms with van der Waals surface area (Å²) in [6.07, 6.45) is 1.15. The van der Waals surface area contributed by atoms with Crippen molar-refractivity contribution in [3.63, 3.8) is 0 Å². The number of nitrogens with zero attached hydrogens (tertiary/aromatic N) is 2. The van der Waals surface area contributed by atoms with Crippen LogP contribution in [0, 0.1) is 0 Å². The second kappa shape index (κ2) is 2.92. The first-order chi connectivity index (χ1) is 5.15. The number of aryl methyl sites for hydroxylation is 1. The molecule has 4 heteroatoms. The molecule has 0 spiro atoms. The Morgan fingerprint density at radius 2 is 2.36 bits per heavy atom. The predicted molar refractivity (Wildman–Crippen MR) is 40.4 cm³/mol. The number of aliphatic hydroxyl groups excluding tert-OH is 1. The summed E-state index contributed by atoms with van der Waals surface area (Å²) in [6, 6.07) is 0. The molecule has 1 N–H and O–H groups in total. The van der Waals surface area contributed by atoms with Gasteiger partial charge in [-0.1, -0.05) is 0 Å². The largest absolute Gasteiger partial charge is 0.493 e. The van der Waals surface area contributed by atoms with Gasteiger partial charge in [0, 0.05) is 7.05 Å². The normalized spacial score (nSPS) is 13.1. The van der Waals surface area contributed by atoms with Crippen LogP contribution in [0.5, 0.6) is 5.75 Å². The Bertz CT molecular complexity index is 243. The highest BCUT2D eigenvalue weighted by Gasteiger charge is 2.12. The number of methoxy groups -OCH3 is 1. The Labute approximate surface area is 65.4 Å². The van der Waals surface area contributed by atoms with Gasteiger partial charge in [0.05, 0.1) is 19.4 Å². The summed E-state index contributed by atoms with van der Waals surface area (Å²) in [4.78, 5) is 0. The van der Waals surface area contributed by atoms with E-state index in [-0.39, 0.29) is 0 Å². The van der Waals surface area contributed by atoms with E-state index >= 15 is 0 Å². The maximum Gasteiger partial charge on any atom is 0.162 e. The van der Waals surface area contributed by atoms with E-state index in [1.165, 1.54) is 0 Å². The summed E-state index contributed by atoms with van der Waals surface area (Å²) >= 11 is 0. The number of rotatable bonds is 2. The van der Waals surface area contributed by atoms with Crippen LogP contribution in [0.3, 0.4) is 0 Å². The third kappa shape index (κ3) is 1.51. The van der Waals surface area contributed by atoms with Crippen molar-refractivity contribution in [1.29, 1.82) is 0 Å². The molecule has 1 aromatic heterocycles. The van der Waals surface area contributed by atoms with Crippen LogP contribution < -0.4 is 4.74 Å². The van der Waals surface area contributed by atoms with Crippen LogP contribution in [0.1, 0.15) is 18.7 Å². The first kappa shape index (κ1) is 8.07. The fraction of sp³-hybridized carbons (Fsp3) is 0.571. The number of hydrogen-bond donors (Lipinski definition) is 1. The monoisotopic (exact) mass is 156 g/mol. The highest BCUT2D eigenvalue weighted by Crippen LogP contribution is 2.21. The lowest BCUT2D eigenvalue weighted by molar-refractivity contribution is 0.189. The summed E-state index contributed by atoms with van der Waals surface area (Å²) in [7, 11) is 3.34. The van der Waals surface area contributed by atoms with E-state index in [9.17, 15) is 5.11 Å². The van der Waals surface area contributed by atoms with Gasteiger partial charge < -0.3 is 9.84 Å². The predicted octanol–water partition coefficient (Wildman–Crippen LogP) is 0.482. The molecule has 0 saturated heterocycles. The second-order valence-corrected chi connectivity index (χ2v) is 2.43. The minimum absolute atomic E-state index is 0.578. The topological polar surface area (TPSA) is 47.3 Å². The van der Waals surface area contributed by atoms with Gasteiger partial charge in [0.25, 0.3) is 0 Å². The zero-order valence-corrected chi connectivity index (χ0v) is 6.90. The highest BCUT2D eigenvalue weighted by molar-refractivity contribution is 5.25. The zero-order valence-electron chi connectivity index (χ0n) is 6.90. The number of aromatic nitrogens is 2. The van der Waals surface area contributed by atoms with Gasteiger partial charge in [0.2, 0.25) is 0 Å². The number of hydrogen-bond acceptors (Lipinski definition) is 3. The molecule has 0 aliphatic rings. The Morgan fingerprint density at radius 1 is 1.73 bits per heavy atom. The molecule has 62 valence electrons. The van der Waals surface area contributed by atoms with Gasteiger partial charge in [0.1, 0.15) is 5.69 Å². The molecule has 0 fully saturated rings. The van der Waals surface area contributed by atoms with Crippen molar-refractivity contribution in [2.45, 2.75) is 13.0 Å². The van der Waals surface area contributed by atoms with Gasteiger partial charge >= 0.3 is 0 Å². The first-order valence-corrected chi connectivity index (χ1v) is 3.40. The smallest absolute Gasteiger partial charge is 0.162 e. The maximum atomic E-state index is 9.19. The Hall–Kier alpha value is -1.03. The Kier molecular flexibility index (Phi) is 2.14. The molecule has 0 saturated carbocycles. The molecule has 1 atom stereocenters. The minimum Gasteiger partial charge on any atom is -0.493 e. The van der Waals surface area contributed by atoms with E-state index in [1.807, 2.05) is 0 Å². The lowest BCUT2D eigenvalue weighted by Crippen LogP contribution is -1.96. The van der Waals surface area contributed by atoms with Gasteiger partial charge in [-0.2, -0.15) is 5.10 Å². The van der Waals surface area contributed by atoms with Crippen LogP contribution in [-0.2, 0) is 7.05 Å². The number of ether oxygens (including phenoxy) is 1. The molecular formula is C7H12N2O2. The fourth-order valence-electron chi connectivity index (χ4n) is 0.931. The van der Waals surface area contributed by atoms with Crippen LogP contribution in [0.25, 0.3) is 0 Å². The van der Waals surface area contributed by atoms with Gasteiger partial charge in [-0.05, 0) is 6.92 Å². The molecule has 0 aromatic carbocycles. The van der Waals surface area contributed by atoms with E-state index in [2.05, 4.69) is 5.10 Å². The maximum absolute atomic E-state index is 9.19. The molecule has 4 nitrogen and oxygen atoms in total. The van der Waals surface area contributed by atoms with Crippen molar-refractivity contribution in [1.82, 2.24) is 9.78 Å². The van der Waals surface area contributed by atoms with Crippen molar-refractivity contribution in [3.8, 4) is 5.75 Å². The average molecular weight is 156 g/mol. The lowest BCUT2D eigenvalue weighted by Gasteiger charge is -2.01. The molecule has 0 radical (unpaired) electrons. The van der Waals surface area contributed by atoms with Crippen molar-refractivity contribution >= 4 is 0 Å². The SMILES string of the molecule is COc1cn(C)nc1C(C)O. The van der Waals surface area contributed by atoms with E-state index in [0.717, 1.165) is 0 Å². The standard InChI is InChI=1S/C7H12N2O2/c1-5(10)7-6(11-3)4-9(2)8-7/h4-5,10H,1-3H3. The van der Waals surface area contributed by atoms with Gasteiger partial charge in [-0.25, -0.2) is 0 Å². The molecule has 1 rings (SSSR count). The summed E-state index contributed by atoms with van der Waals surface area (Å²) in [5, 5.41) is 13.2. The molecule has 1 heterocycles. The first-order valence-electron chi connectivity index (χ1n) is 3.40. The number of aliphatic hydroxyl groups is 1. The van der Waals surface area contributed by atoms with Gasteiger partial charge in [-0.3, -0.25) is 4.68 Å². The molecular weight excluding hydrogens is 144 g/mol. The van der Waals surface area contributed by atoms with E-state index in [4.69, 9.17) is 4.74 Å². The van der Waals surface area contributed by atoms with Gasteiger partial charge in [-0.15, -0.1) is 0 Å². The summed E-state index contributed by atoms with van der Waals surface area (Å²) in [5.41, 5.74) is 0.579. The quantitative estimate of drug-likeness (QED) is 0.677. The van der Waals surface area contributed by atoms with Crippen LogP contribution in [0.2, 0.25) is 0 Å². The van der Waals surface area contributed by atoms with Gasteiger partial charge in [0.15, 0.2) is 5.75 Å². The summed E-state index contributed by atoms with van der Waals surface area (Å²) < 4.78 is 6.60. The molecule has 0 aliphatic carbocycles. The fourth-order valence-corrected chi connectivity index (χ4v) is 0.931. The van der Waals surface area contributed by atoms with E-state index in [1.54, 1.807) is 32.0 Å². The van der Waals surface area contributed by atoms with E-state index < -0.39 is 6.10 Å². The Morgan fingerprint density at radius 3 is 2.73 bits per heavy atom. The third-order valence-electron chi connectivity index (χ3n) is 1.44. The lowest BCUT2D eigenvalue weighted by atomic mass is 10.3. The van der Waals surface area contributed by atoms with Crippen LogP contribution in [0.15, 0.2) is 6.20 Å². The molecule has 1 aromatic rings. The summed E-state index contributed by atoms with van der Waals surface area (Å²) in [5.74, 6) is 0.627. The van der Waals surface area contributed by atoms with Crippen LogP contribution in [0.4, 0.5) is 0 Å². The van der Waals surface area contributed by atoms with E-state index in [0.29, 0.717) is 11.4 Å². The average Bonchev–Trinajstić information content (AvgIpc) is 2.30. The van der Waals surface area contributed by atoms with Crippen molar-refractivity contribution in [3.05, 3.63) is 11.9 Å². The van der Waals surface area contributed by atoms with Crippen molar-refractivity contribution in [2.24, 2.45) is 7.05 Å². The summed E-state index contributed by atoms with van der Waals surface area (Å²) in [6.45, 7) is 1.66. The van der Waals surface area contributed by atoms with Crippen molar-refractivity contribution in [2.75, 3.05) is 7.11 Å². The molecule has 0 aliphatic heterocycles. The van der Waals surface area contributed by atoms with Crippen LogP contribution in [-0.4, -0.2) is 22.0 Å². The minimum atomic E-state index is -0.578. The molecule has 1 unspecified atom stereocenters. The second-order valence-electron chi connectivity index (χ2n) is 2.43. The molecule has 0 amide bonds. The zero-order chi connectivity index (χ0) is 8.43. The molecule has 11 heavy (non-hydrogen) atoms. The van der Waals surface area contributed by atoms with Crippen LogP contribution >= 0.6 is 0 Å². The van der Waals surface area contributed by atoms with Crippen molar-refractivity contribution < 1.29 is 9.84 Å². The Balaban J connectivity index is 3.02. The third-order valence-corrected chi connectivity index (χ3v) is 1.44. The highest BCUT2D eigenvalue weighted by atomic mass is 16.5. The molecule has 0 bridgehead atoms.